The maximum Gasteiger partial charge on any atom is 0.393 e. The molecule has 0 heterocycles. The van der Waals surface area contributed by atoms with Crippen LogP contribution in [-0.4, -0.2) is 39.3 Å². The van der Waals surface area contributed by atoms with Crippen LogP contribution in [0.5, 0.6) is 0 Å². The van der Waals surface area contributed by atoms with E-state index in [1.165, 1.54) is 0 Å². The van der Waals surface area contributed by atoms with E-state index < -0.39 is 45.7 Å². The van der Waals surface area contributed by atoms with Gasteiger partial charge in [-0.05, 0) is 18.0 Å². The van der Waals surface area contributed by atoms with Crippen molar-refractivity contribution in [2.75, 3.05) is 0 Å². The van der Waals surface area contributed by atoms with E-state index in [9.17, 15) is 52.7 Å². The summed E-state index contributed by atoms with van der Waals surface area (Å²) < 4.78 is 152. The minimum absolute atomic E-state index is 0.543. The maximum atomic E-state index is 13.4. The van der Waals surface area contributed by atoms with E-state index in [1.807, 2.05) is 0 Å². The van der Waals surface area contributed by atoms with Crippen molar-refractivity contribution in [3.8, 4) is 0 Å². The van der Waals surface area contributed by atoms with Crippen molar-refractivity contribution in [2.45, 2.75) is 52.7 Å². The van der Waals surface area contributed by atoms with Crippen LogP contribution in [-0.2, 0) is 0 Å². The maximum absolute atomic E-state index is 13.4. The van der Waals surface area contributed by atoms with Gasteiger partial charge in [0.1, 0.15) is 0 Å². The normalized spacial score (nSPS) is 16.5. The molecule has 0 nitrogen and oxygen atoms in total. The van der Waals surface area contributed by atoms with Gasteiger partial charge in [-0.1, -0.05) is 30.1 Å². The lowest BCUT2D eigenvalue weighted by Gasteiger charge is -2.42. The smallest absolute Gasteiger partial charge is 0.196 e. The van der Waals surface area contributed by atoms with E-state index in [4.69, 9.17) is 0 Å². The topological polar surface area (TPSA) is 0 Å². The minimum atomic E-state index is -7.73. The van der Waals surface area contributed by atoms with Gasteiger partial charge in [-0.15, -0.1) is 0 Å². The van der Waals surface area contributed by atoms with Crippen LogP contribution < -0.4 is 0 Å². The SMILES string of the molecule is CCC(Cl)(Cl)C(F)(F)C(F)(F)C(F)(F)C(F)(F)C(F)(F)C(F)(F)Cl. The summed E-state index contributed by atoms with van der Waals surface area (Å²) in [5.74, 6) is -36.6. The molecule has 0 aliphatic rings. The number of hydrogen-bond donors (Lipinski definition) is 0. The first-order chi connectivity index (χ1) is 10.1. The molecule has 0 aromatic heterocycles. The van der Waals surface area contributed by atoms with Gasteiger partial charge in [-0.3, -0.25) is 0 Å². The lowest BCUT2D eigenvalue weighted by molar-refractivity contribution is -0.418. The molecule has 0 spiro atoms. The summed E-state index contributed by atoms with van der Waals surface area (Å²) in [6, 6.07) is 0. The van der Waals surface area contributed by atoms with Crippen molar-refractivity contribution in [2.24, 2.45) is 0 Å². The fourth-order valence-corrected chi connectivity index (χ4v) is 1.58. The summed E-state index contributed by atoms with van der Waals surface area (Å²) >= 11 is 12.8. The third kappa shape index (κ3) is 3.00. The van der Waals surface area contributed by atoms with Crippen LogP contribution >= 0.6 is 34.8 Å². The molecule has 0 rings (SSSR count). The van der Waals surface area contributed by atoms with Gasteiger partial charge < -0.3 is 0 Å². The first-order valence-electron chi connectivity index (χ1n) is 5.40. The highest BCUT2D eigenvalue weighted by Crippen LogP contribution is 2.63. The van der Waals surface area contributed by atoms with Gasteiger partial charge in [0.05, 0.1) is 0 Å². The van der Waals surface area contributed by atoms with Gasteiger partial charge >= 0.3 is 35.0 Å². The van der Waals surface area contributed by atoms with E-state index in [1.54, 1.807) is 0 Å². The van der Waals surface area contributed by atoms with Crippen molar-refractivity contribution < 1.29 is 52.7 Å². The Morgan fingerprint density at radius 3 is 1.00 bits per heavy atom. The molecule has 24 heavy (non-hydrogen) atoms. The Hall–Kier alpha value is 0.0300. The predicted molar refractivity (Wildman–Crippen MR) is 60.3 cm³/mol. The molecule has 0 N–H and O–H groups in total. The van der Waals surface area contributed by atoms with Gasteiger partial charge in [0.25, 0.3) is 0 Å². The van der Waals surface area contributed by atoms with Gasteiger partial charge in [-0.2, -0.15) is 52.7 Å². The molecule has 15 heteroatoms. The molecule has 0 bridgehead atoms. The first kappa shape index (κ1) is 24.0. The zero-order valence-electron chi connectivity index (χ0n) is 10.9. The Morgan fingerprint density at radius 1 is 0.500 bits per heavy atom. The van der Waals surface area contributed by atoms with Crippen LogP contribution in [0, 0.1) is 0 Å². The van der Waals surface area contributed by atoms with Crippen LogP contribution in [0.25, 0.3) is 0 Å². The number of alkyl halides is 15. The number of halogens is 15. The highest BCUT2D eigenvalue weighted by Gasteiger charge is 2.91. The fraction of sp³-hybridized carbons (Fsp3) is 1.00. The average molecular weight is 447 g/mol. The number of rotatable bonds is 7. The third-order valence-corrected chi connectivity index (χ3v) is 4.08. The molecular weight excluding hydrogens is 442 g/mol. The summed E-state index contributed by atoms with van der Waals surface area (Å²) in [5, 5.41) is -6.48. The molecule has 0 amide bonds. The van der Waals surface area contributed by atoms with Crippen LogP contribution in [0.15, 0.2) is 0 Å². The summed E-state index contributed by atoms with van der Waals surface area (Å²) in [6.45, 7) is 0.543. The largest absolute Gasteiger partial charge is 0.393 e. The molecule has 0 aliphatic carbocycles. The second kappa shape index (κ2) is 6.04. The molecule has 0 aromatic carbocycles. The average Bonchev–Trinajstić information content (AvgIpc) is 2.36. The van der Waals surface area contributed by atoms with Crippen LogP contribution in [0.3, 0.4) is 0 Å². The van der Waals surface area contributed by atoms with Gasteiger partial charge in [0.2, 0.25) is 0 Å². The molecular formula is C9H5Cl3F12. The van der Waals surface area contributed by atoms with Crippen molar-refractivity contribution >= 4 is 34.8 Å². The second-order valence-corrected chi connectivity index (χ2v) is 6.39. The molecule has 0 aromatic rings. The highest BCUT2D eigenvalue weighted by atomic mass is 35.5. The summed E-state index contributed by atoms with van der Waals surface area (Å²) in [5.41, 5.74) is 0. The highest BCUT2D eigenvalue weighted by molar-refractivity contribution is 6.49. The van der Waals surface area contributed by atoms with E-state index in [0.717, 1.165) is 0 Å². The molecule has 0 unspecified atom stereocenters. The van der Waals surface area contributed by atoms with Gasteiger partial charge in [-0.25, -0.2) is 0 Å². The lowest BCUT2D eigenvalue weighted by Crippen LogP contribution is -2.72. The first-order valence-corrected chi connectivity index (χ1v) is 6.53. The lowest BCUT2D eigenvalue weighted by atomic mass is 9.92. The second-order valence-electron chi connectivity index (χ2n) is 4.43. The quantitative estimate of drug-likeness (QED) is 0.306. The fourth-order valence-electron chi connectivity index (χ4n) is 1.22. The Bertz CT molecular complexity index is 467. The van der Waals surface area contributed by atoms with Crippen molar-refractivity contribution in [1.82, 2.24) is 0 Å². The molecule has 146 valence electrons. The van der Waals surface area contributed by atoms with E-state index >= 15 is 0 Å². The van der Waals surface area contributed by atoms with Crippen LogP contribution in [0.1, 0.15) is 13.3 Å². The molecule has 0 aliphatic heterocycles. The Balaban J connectivity index is 6.42. The molecule has 0 radical (unpaired) electrons. The summed E-state index contributed by atoms with van der Waals surface area (Å²) in [4.78, 5) is 0. The minimum Gasteiger partial charge on any atom is -0.196 e. The van der Waals surface area contributed by atoms with Gasteiger partial charge in [0, 0.05) is 0 Å². The Labute approximate surface area is 141 Å². The molecule has 0 fully saturated rings. The molecule has 0 saturated carbocycles. The van der Waals surface area contributed by atoms with Gasteiger partial charge in [0.15, 0.2) is 4.33 Å². The zero-order valence-corrected chi connectivity index (χ0v) is 13.1. The molecule has 0 atom stereocenters. The van der Waals surface area contributed by atoms with E-state index in [-0.39, 0.29) is 0 Å². The Morgan fingerprint density at radius 2 is 0.750 bits per heavy atom. The summed E-state index contributed by atoms with van der Waals surface area (Å²) in [6.07, 6.45) is -1.43. The Kier molecular flexibility index (Phi) is 6.04. The summed E-state index contributed by atoms with van der Waals surface area (Å²) in [7, 11) is 0. The van der Waals surface area contributed by atoms with E-state index in [2.05, 4.69) is 34.8 Å². The van der Waals surface area contributed by atoms with Crippen LogP contribution in [0.4, 0.5) is 52.7 Å². The number of hydrogen-bond acceptors (Lipinski definition) is 0. The van der Waals surface area contributed by atoms with Crippen molar-refractivity contribution in [1.29, 1.82) is 0 Å². The standard InChI is InChI=1S/C9H5Cl3F12/c1-2-3(10,11)4(13,14)5(15,16)6(17,18)7(19,20)8(21,22)9(12,23)24/h2H2,1H3. The molecule has 0 saturated heterocycles. The van der Waals surface area contributed by atoms with Crippen LogP contribution in [0.2, 0.25) is 0 Å². The van der Waals surface area contributed by atoms with Crippen molar-refractivity contribution in [3.63, 3.8) is 0 Å². The van der Waals surface area contributed by atoms with E-state index in [0.29, 0.717) is 6.92 Å². The third-order valence-electron chi connectivity index (χ3n) is 2.84. The monoisotopic (exact) mass is 446 g/mol. The zero-order chi connectivity index (χ0) is 20.2. The van der Waals surface area contributed by atoms with Crippen molar-refractivity contribution in [3.05, 3.63) is 0 Å². The predicted octanol–water partition coefficient (Wildman–Crippen LogP) is 6.58.